The number of aliphatic imine (C=N–C) groups is 2. The normalized spacial score (nSPS) is 17.0. The molecule has 0 radical (unpaired) electrons. The highest BCUT2D eigenvalue weighted by Crippen LogP contribution is 2.23. The third-order valence-corrected chi connectivity index (χ3v) is 3.66. The van der Waals surface area contributed by atoms with E-state index in [1.807, 2.05) is 42.5 Å². The SMILES string of the molecule is C#CC1=CC=C2N=C([C@H](Cc3ccccc3)NC(=O)O)N=C2C1. The molecule has 5 nitrogen and oxygen atoms in total. The molecule has 0 bridgehead atoms. The van der Waals surface area contributed by atoms with Crippen LogP contribution in [0.5, 0.6) is 0 Å². The fourth-order valence-corrected chi connectivity index (χ4v) is 2.55. The van der Waals surface area contributed by atoms with Crippen LogP contribution in [0.4, 0.5) is 4.79 Å². The summed E-state index contributed by atoms with van der Waals surface area (Å²) in [6.45, 7) is 0. The Morgan fingerprint density at radius 2 is 2.09 bits per heavy atom. The van der Waals surface area contributed by atoms with E-state index in [2.05, 4.69) is 21.2 Å². The van der Waals surface area contributed by atoms with E-state index in [4.69, 9.17) is 11.5 Å². The van der Waals surface area contributed by atoms with E-state index in [9.17, 15) is 4.79 Å². The van der Waals surface area contributed by atoms with Crippen molar-refractivity contribution in [1.82, 2.24) is 5.32 Å². The molecule has 0 saturated carbocycles. The molecule has 1 aliphatic heterocycles. The number of nitrogens with zero attached hydrogens (tertiary/aromatic N) is 2. The van der Waals surface area contributed by atoms with Gasteiger partial charge >= 0.3 is 6.09 Å². The molecule has 2 N–H and O–H groups in total. The van der Waals surface area contributed by atoms with Gasteiger partial charge in [-0.05, 0) is 17.7 Å². The van der Waals surface area contributed by atoms with E-state index in [0.29, 0.717) is 18.7 Å². The summed E-state index contributed by atoms with van der Waals surface area (Å²) in [7, 11) is 0. The smallest absolute Gasteiger partial charge is 0.405 e. The monoisotopic (exact) mass is 305 g/mol. The molecule has 1 amide bonds. The molecule has 0 saturated heterocycles. The van der Waals surface area contributed by atoms with Gasteiger partial charge in [0.1, 0.15) is 0 Å². The van der Waals surface area contributed by atoms with Crippen molar-refractivity contribution in [2.45, 2.75) is 18.9 Å². The molecule has 0 aromatic heterocycles. The molecular formula is C18H15N3O2. The number of carbonyl (C=O) groups is 1. The van der Waals surface area contributed by atoms with Gasteiger partial charge in [-0.15, -0.1) is 6.42 Å². The molecule has 114 valence electrons. The van der Waals surface area contributed by atoms with Crippen molar-refractivity contribution in [1.29, 1.82) is 0 Å². The lowest BCUT2D eigenvalue weighted by molar-refractivity contribution is 0.192. The first-order valence-electron chi connectivity index (χ1n) is 7.23. The number of nitrogens with one attached hydrogen (secondary N) is 1. The summed E-state index contributed by atoms with van der Waals surface area (Å²) < 4.78 is 0. The van der Waals surface area contributed by atoms with Gasteiger partial charge in [0.15, 0.2) is 5.84 Å². The molecule has 1 aromatic rings. The summed E-state index contributed by atoms with van der Waals surface area (Å²) in [5.41, 5.74) is 3.40. The first-order chi connectivity index (χ1) is 11.2. The lowest BCUT2D eigenvalue weighted by Crippen LogP contribution is -2.40. The van der Waals surface area contributed by atoms with E-state index >= 15 is 0 Å². The lowest BCUT2D eigenvalue weighted by Gasteiger charge is -2.15. The van der Waals surface area contributed by atoms with E-state index in [0.717, 1.165) is 22.5 Å². The van der Waals surface area contributed by atoms with Gasteiger partial charge in [-0.25, -0.2) is 14.8 Å². The fraction of sp³-hybridized carbons (Fsp3) is 0.167. The van der Waals surface area contributed by atoms with Crippen LogP contribution in [-0.4, -0.2) is 28.8 Å². The van der Waals surface area contributed by atoms with Crippen LogP contribution in [0.3, 0.4) is 0 Å². The molecule has 0 unspecified atom stereocenters. The number of carboxylic acid groups (broad SMARTS) is 1. The zero-order valence-corrected chi connectivity index (χ0v) is 12.4. The second kappa shape index (κ2) is 6.32. The highest BCUT2D eigenvalue weighted by molar-refractivity contribution is 6.16. The second-order valence-corrected chi connectivity index (χ2v) is 5.29. The van der Waals surface area contributed by atoms with Crippen LogP contribution in [0.2, 0.25) is 0 Å². The van der Waals surface area contributed by atoms with Crippen molar-refractivity contribution in [3.63, 3.8) is 0 Å². The number of terminal acetylenes is 1. The van der Waals surface area contributed by atoms with Gasteiger partial charge in [0, 0.05) is 18.4 Å². The first kappa shape index (κ1) is 14.8. The molecule has 23 heavy (non-hydrogen) atoms. The van der Waals surface area contributed by atoms with Crippen molar-refractivity contribution in [2.75, 3.05) is 0 Å². The van der Waals surface area contributed by atoms with Crippen molar-refractivity contribution < 1.29 is 9.90 Å². The van der Waals surface area contributed by atoms with E-state index in [1.165, 1.54) is 0 Å². The summed E-state index contributed by atoms with van der Waals surface area (Å²) in [4.78, 5) is 20.1. The summed E-state index contributed by atoms with van der Waals surface area (Å²) in [5.74, 6) is 3.08. The third-order valence-electron chi connectivity index (χ3n) is 3.66. The molecule has 3 rings (SSSR count). The Morgan fingerprint density at radius 3 is 2.78 bits per heavy atom. The van der Waals surface area contributed by atoms with Gasteiger partial charge in [-0.2, -0.15) is 0 Å². The van der Waals surface area contributed by atoms with E-state index < -0.39 is 12.1 Å². The number of benzene rings is 1. The predicted molar refractivity (Wildman–Crippen MR) is 89.6 cm³/mol. The Hall–Kier alpha value is -3.13. The molecule has 2 aliphatic rings. The topological polar surface area (TPSA) is 74.0 Å². The minimum absolute atomic E-state index is 0.476. The van der Waals surface area contributed by atoms with Gasteiger partial charge in [0.25, 0.3) is 0 Å². The van der Waals surface area contributed by atoms with Crippen molar-refractivity contribution in [3.8, 4) is 12.3 Å². The summed E-state index contributed by atoms with van der Waals surface area (Å²) >= 11 is 0. The molecule has 1 aliphatic carbocycles. The molecule has 1 atom stereocenters. The van der Waals surface area contributed by atoms with Crippen LogP contribution in [0.1, 0.15) is 12.0 Å². The van der Waals surface area contributed by atoms with Crippen LogP contribution in [0.25, 0.3) is 0 Å². The highest BCUT2D eigenvalue weighted by atomic mass is 16.4. The number of amides is 1. The molecule has 0 fully saturated rings. The number of amidine groups is 1. The maximum atomic E-state index is 11.1. The minimum atomic E-state index is -1.10. The maximum Gasteiger partial charge on any atom is 0.405 e. The number of hydrogen-bond acceptors (Lipinski definition) is 3. The standard InChI is InChI=1S/C18H15N3O2/c1-2-12-8-9-14-15(10-12)20-17(19-14)16(21-18(22)23)11-13-6-4-3-5-7-13/h1,3-9,16,21H,10-11H2,(H,22,23)/t16-/m0/s1. The first-order valence-corrected chi connectivity index (χ1v) is 7.23. The Labute approximate surface area is 134 Å². The Morgan fingerprint density at radius 1 is 1.30 bits per heavy atom. The lowest BCUT2D eigenvalue weighted by atomic mass is 10.0. The Kier molecular flexibility index (Phi) is 4.07. The quantitative estimate of drug-likeness (QED) is 0.839. The van der Waals surface area contributed by atoms with Gasteiger partial charge in [0.2, 0.25) is 0 Å². The van der Waals surface area contributed by atoms with Crippen LogP contribution in [-0.2, 0) is 6.42 Å². The van der Waals surface area contributed by atoms with Crippen molar-refractivity contribution >= 4 is 17.6 Å². The molecular weight excluding hydrogens is 290 g/mol. The average Bonchev–Trinajstić information content (AvgIpc) is 2.97. The number of hydrogen-bond donors (Lipinski definition) is 2. The largest absolute Gasteiger partial charge is 0.465 e. The predicted octanol–water partition coefficient (Wildman–Crippen LogP) is 2.57. The van der Waals surface area contributed by atoms with E-state index in [1.54, 1.807) is 0 Å². The summed E-state index contributed by atoms with van der Waals surface area (Å²) in [6.07, 6.45) is 9.04. The Bertz CT molecular complexity index is 795. The third kappa shape index (κ3) is 3.38. The highest BCUT2D eigenvalue weighted by Gasteiger charge is 2.26. The molecule has 0 spiro atoms. The van der Waals surface area contributed by atoms with Gasteiger partial charge in [-0.3, -0.25) is 0 Å². The maximum absolute atomic E-state index is 11.1. The van der Waals surface area contributed by atoms with Crippen LogP contribution in [0.15, 0.2) is 63.7 Å². The molecule has 5 heteroatoms. The van der Waals surface area contributed by atoms with Crippen LogP contribution >= 0.6 is 0 Å². The number of fused-ring (bicyclic) bond motifs is 1. The second-order valence-electron chi connectivity index (χ2n) is 5.29. The average molecular weight is 305 g/mol. The van der Waals surface area contributed by atoms with Crippen LogP contribution < -0.4 is 5.32 Å². The molecule has 1 heterocycles. The summed E-state index contributed by atoms with van der Waals surface area (Å²) in [5, 5.41) is 11.6. The Balaban J connectivity index is 1.84. The summed E-state index contributed by atoms with van der Waals surface area (Å²) in [6, 6.07) is 9.15. The molecule has 1 aromatic carbocycles. The minimum Gasteiger partial charge on any atom is -0.465 e. The zero-order valence-electron chi connectivity index (χ0n) is 12.4. The van der Waals surface area contributed by atoms with E-state index in [-0.39, 0.29) is 0 Å². The van der Waals surface area contributed by atoms with Gasteiger partial charge in [0.05, 0.1) is 17.5 Å². The van der Waals surface area contributed by atoms with Crippen LogP contribution in [0, 0.1) is 12.3 Å². The number of rotatable bonds is 4. The van der Waals surface area contributed by atoms with Crippen molar-refractivity contribution in [2.24, 2.45) is 9.98 Å². The zero-order chi connectivity index (χ0) is 16.2. The van der Waals surface area contributed by atoms with Gasteiger partial charge < -0.3 is 10.4 Å². The number of allylic oxidation sites excluding steroid dienone is 4. The fourth-order valence-electron chi connectivity index (χ4n) is 2.55. The van der Waals surface area contributed by atoms with Gasteiger partial charge in [-0.1, -0.05) is 36.3 Å². The van der Waals surface area contributed by atoms with Crippen molar-refractivity contribution in [3.05, 3.63) is 59.3 Å².